The Labute approximate surface area is 118 Å². The lowest BCUT2D eigenvalue weighted by molar-refractivity contribution is -0.118. The quantitative estimate of drug-likeness (QED) is 0.586. The van der Waals surface area contributed by atoms with E-state index in [0.717, 1.165) is 36.9 Å². The third-order valence-electron chi connectivity index (χ3n) is 3.19. The highest BCUT2D eigenvalue weighted by molar-refractivity contribution is 7.99. The Kier molecular flexibility index (Phi) is 5.24. The van der Waals surface area contributed by atoms with Crippen LogP contribution >= 0.6 is 11.8 Å². The summed E-state index contributed by atoms with van der Waals surface area (Å²) in [6, 6.07) is 0. The van der Waals surface area contributed by atoms with Gasteiger partial charge in [0.1, 0.15) is 5.82 Å². The second-order valence-corrected chi connectivity index (χ2v) is 5.79. The molecular weight excluding hydrogens is 260 g/mol. The molecule has 2 rings (SSSR count). The van der Waals surface area contributed by atoms with E-state index in [1.165, 1.54) is 24.6 Å². The van der Waals surface area contributed by atoms with Gasteiger partial charge in [-0.3, -0.25) is 4.79 Å². The molecule has 1 fully saturated rings. The molecule has 0 atom stereocenters. The molecule has 0 aromatic carbocycles. The Balaban J connectivity index is 1.83. The van der Waals surface area contributed by atoms with Gasteiger partial charge >= 0.3 is 0 Å². The SMILES string of the molecule is CCCCNC(=O)CSc1nnc(C2CC2)n1CC. The van der Waals surface area contributed by atoms with E-state index in [2.05, 4.69) is 33.9 Å². The second kappa shape index (κ2) is 6.93. The van der Waals surface area contributed by atoms with E-state index in [0.29, 0.717) is 11.7 Å². The molecule has 6 heteroatoms. The van der Waals surface area contributed by atoms with Gasteiger partial charge in [0.2, 0.25) is 5.91 Å². The van der Waals surface area contributed by atoms with Crippen molar-refractivity contribution >= 4 is 17.7 Å². The van der Waals surface area contributed by atoms with Gasteiger partial charge in [0.25, 0.3) is 0 Å². The topological polar surface area (TPSA) is 59.8 Å². The van der Waals surface area contributed by atoms with Gasteiger partial charge in [-0.1, -0.05) is 25.1 Å². The molecule has 0 saturated heterocycles. The summed E-state index contributed by atoms with van der Waals surface area (Å²) >= 11 is 1.48. The van der Waals surface area contributed by atoms with Gasteiger partial charge in [0, 0.05) is 19.0 Å². The number of hydrogen-bond donors (Lipinski definition) is 1. The van der Waals surface area contributed by atoms with E-state index in [1.54, 1.807) is 0 Å². The zero-order valence-corrected chi connectivity index (χ0v) is 12.5. The van der Waals surface area contributed by atoms with Crippen LogP contribution < -0.4 is 5.32 Å². The molecule has 1 amide bonds. The molecule has 1 aliphatic rings. The van der Waals surface area contributed by atoms with Crippen molar-refractivity contribution in [2.45, 2.75) is 57.1 Å². The Morgan fingerprint density at radius 1 is 1.42 bits per heavy atom. The summed E-state index contributed by atoms with van der Waals surface area (Å²) in [5.74, 6) is 2.20. The molecule has 5 nitrogen and oxygen atoms in total. The van der Waals surface area contributed by atoms with Crippen LogP contribution in [0.5, 0.6) is 0 Å². The van der Waals surface area contributed by atoms with Crippen molar-refractivity contribution in [2.24, 2.45) is 0 Å². The lowest BCUT2D eigenvalue weighted by Gasteiger charge is -2.06. The maximum absolute atomic E-state index is 11.7. The number of nitrogens with zero attached hydrogens (tertiary/aromatic N) is 3. The smallest absolute Gasteiger partial charge is 0.230 e. The van der Waals surface area contributed by atoms with Crippen molar-refractivity contribution in [3.8, 4) is 0 Å². The number of rotatable bonds is 8. The lowest BCUT2D eigenvalue weighted by Crippen LogP contribution is -2.26. The standard InChI is InChI=1S/C13H22N4OS/c1-3-5-8-14-11(18)9-19-13-16-15-12(10-6-7-10)17(13)4-2/h10H,3-9H2,1-2H3,(H,14,18). The van der Waals surface area contributed by atoms with Gasteiger partial charge in [-0.25, -0.2) is 0 Å². The first kappa shape index (κ1) is 14.4. The Hall–Kier alpha value is -1.04. The van der Waals surface area contributed by atoms with Crippen LogP contribution in [0.2, 0.25) is 0 Å². The van der Waals surface area contributed by atoms with Gasteiger partial charge in [-0.15, -0.1) is 10.2 Å². The van der Waals surface area contributed by atoms with Crippen LogP contribution in [0.4, 0.5) is 0 Å². The summed E-state index contributed by atoms with van der Waals surface area (Å²) in [6.07, 6.45) is 4.58. The number of thioether (sulfide) groups is 1. The summed E-state index contributed by atoms with van der Waals surface area (Å²) in [7, 11) is 0. The number of carbonyl (C=O) groups is 1. The van der Waals surface area contributed by atoms with Crippen molar-refractivity contribution in [3.05, 3.63) is 5.82 Å². The van der Waals surface area contributed by atoms with E-state index in [9.17, 15) is 4.79 Å². The maximum atomic E-state index is 11.7. The Morgan fingerprint density at radius 3 is 2.84 bits per heavy atom. The zero-order chi connectivity index (χ0) is 13.7. The summed E-state index contributed by atoms with van der Waals surface area (Å²) in [6.45, 7) is 5.85. The molecule has 1 aromatic rings. The van der Waals surface area contributed by atoms with Gasteiger partial charge in [-0.05, 0) is 26.2 Å². The van der Waals surface area contributed by atoms with E-state index in [4.69, 9.17) is 0 Å². The second-order valence-electron chi connectivity index (χ2n) is 4.85. The van der Waals surface area contributed by atoms with Gasteiger partial charge in [0.05, 0.1) is 5.75 Å². The van der Waals surface area contributed by atoms with Gasteiger partial charge in [0.15, 0.2) is 5.16 Å². The number of aromatic nitrogens is 3. The summed E-state index contributed by atoms with van der Waals surface area (Å²) in [5.41, 5.74) is 0. The zero-order valence-electron chi connectivity index (χ0n) is 11.7. The minimum atomic E-state index is 0.0806. The van der Waals surface area contributed by atoms with Crippen LogP contribution in [0, 0.1) is 0 Å². The Morgan fingerprint density at radius 2 is 2.21 bits per heavy atom. The molecule has 1 aromatic heterocycles. The molecule has 0 aliphatic heterocycles. The third kappa shape index (κ3) is 3.96. The molecule has 1 saturated carbocycles. The average molecular weight is 282 g/mol. The molecule has 19 heavy (non-hydrogen) atoms. The van der Waals surface area contributed by atoms with Crippen LogP contribution in [0.3, 0.4) is 0 Å². The molecule has 1 N–H and O–H groups in total. The molecule has 0 radical (unpaired) electrons. The van der Waals surface area contributed by atoms with Crippen molar-refractivity contribution in [1.82, 2.24) is 20.1 Å². The molecular formula is C13H22N4OS. The minimum absolute atomic E-state index is 0.0806. The molecule has 0 bridgehead atoms. The van der Waals surface area contributed by atoms with Gasteiger partial charge < -0.3 is 9.88 Å². The van der Waals surface area contributed by atoms with Crippen LogP contribution in [0.25, 0.3) is 0 Å². The number of amides is 1. The summed E-state index contributed by atoms with van der Waals surface area (Å²) in [4.78, 5) is 11.7. The van der Waals surface area contributed by atoms with E-state index < -0.39 is 0 Å². The van der Waals surface area contributed by atoms with E-state index in [-0.39, 0.29) is 5.91 Å². The lowest BCUT2D eigenvalue weighted by atomic mass is 10.3. The third-order valence-corrected chi connectivity index (χ3v) is 4.16. The van der Waals surface area contributed by atoms with Gasteiger partial charge in [-0.2, -0.15) is 0 Å². The van der Waals surface area contributed by atoms with Crippen LogP contribution in [0.1, 0.15) is 51.3 Å². The monoisotopic (exact) mass is 282 g/mol. The molecule has 0 spiro atoms. The minimum Gasteiger partial charge on any atom is -0.355 e. The van der Waals surface area contributed by atoms with Crippen LogP contribution in [-0.4, -0.2) is 33.0 Å². The molecule has 1 heterocycles. The summed E-state index contributed by atoms with van der Waals surface area (Å²) < 4.78 is 2.14. The summed E-state index contributed by atoms with van der Waals surface area (Å²) in [5, 5.41) is 12.3. The van der Waals surface area contributed by atoms with Crippen molar-refractivity contribution in [1.29, 1.82) is 0 Å². The van der Waals surface area contributed by atoms with E-state index in [1.807, 2.05) is 0 Å². The van der Waals surface area contributed by atoms with Crippen molar-refractivity contribution in [2.75, 3.05) is 12.3 Å². The fraction of sp³-hybridized carbons (Fsp3) is 0.769. The fourth-order valence-electron chi connectivity index (χ4n) is 1.93. The van der Waals surface area contributed by atoms with Crippen molar-refractivity contribution in [3.63, 3.8) is 0 Å². The first-order valence-corrected chi connectivity index (χ1v) is 8.07. The van der Waals surface area contributed by atoms with Crippen LogP contribution in [-0.2, 0) is 11.3 Å². The highest BCUT2D eigenvalue weighted by atomic mass is 32.2. The van der Waals surface area contributed by atoms with Crippen molar-refractivity contribution < 1.29 is 4.79 Å². The first-order chi connectivity index (χ1) is 9.26. The number of unbranched alkanes of at least 4 members (excludes halogenated alkanes) is 1. The highest BCUT2D eigenvalue weighted by Gasteiger charge is 2.29. The fourth-order valence-corrected chi connectivity index (χ4v) is 2.77. The Bertz CT molecular complexity index is 428. The number of carbonyl (C=O) groups excluding carboxylic acids is 1. The predicted octanol–water partition coefficient (Wildman–Crippen LogP) is 2.18. The van der Waals surface area contributed by atoms with Crippen LogP contribution in [0.15, 0.2) is 5.16 Å². The first-order valence-electron chi connectivity index (χ1n) is 7.08. The molecule has 106 valence electrons. The maximum Gasteiger partial charge on any atom is 0.230 e. The predicted molar refractivity (Wildman–Crippen MR) is 76.3 cm³/mol. The number of hydrogen-bond acceptors (Lipinski definition) is 4. The average Bonchev–Trinajstić information content (AvgIpc) is 3.17. The largest absolute Gasteiger partial charge is 0.355 e. The number of nitrogens with one attached hydrogen (secondary N) is 1. The molecule has 0 unspecified atom stereocenters. The van der Waals surface area contributed by atoms with E-state index >= 15 is 0 Å². The highest BCUT2D eigenvalue weighted by Crippen LogP contribution is 2.39. The molecule has 1 aliphatic carbocycles. The normalized spacial score (nSPS) is 14.6.